The van der Waals surface area contributed by atoms with Gasteiger partial charge in [-0.1, -0.05) is 48.5 Å². The minimum atomic E-state index is 0.0907. The number of halogens is 2. The number of benzene rings is 1. The largest absolute Gasteiger partial charge is 0.375 e. The maximum atomic E-state index is 12.2. The van der Waals surface area contributed by atoms with E-state index >= 15 is 0 Å². The Hall–Kier alpha value is -0.930. The normalized spacial score (nSPS) is 15.9. The van der Waals surface area contributed by atoms with E-state index in [0.29, 0.717) is 21.8 Å². The molecule has 20 heavy (non-hydrogen) atoms. The topological polar surface area (TPSA) is 32.3 Å². The van der Waals surface area contributed by atoms with E-state index in [1.165, 1.54) is 19.3 Å². The zero-order valence-electron chi connectivity index (χ0n) is 11.7. The molecule has 1 N–H and O–H groups in total. The van der Waals surface area contributed by atoms with Crippen LogP contribution in [0.4, 0.5) is 5.69 Å². The van der Waals surface area contributed by atoms with Crippen molar-refractivity contribution in [2.45, 2.75) is 38.1 Å². The number of rotatable bonds is 4. The Balaban J connectivity index is 1.89. The van der Waals surface area contributed by atoms with E-state index in [0.717, 1.165) is 12.8 Å². The van der Waals surface area contributed by atoms with Crippen LogP contribution in [0.2, 0.25) is 10.0 Å². The van der Waals surface area contributed by atoms with Crippen LogP contribution in [-0.4, -0.2) is 30.4 Å². The van der Waals surface area contributed by atoms with Crippen molar-refractivity contribution in [1.29, 1.82) is 0 Å². The van der Waals surface area contributed by atoms with Gasteiger partial charge in [-0.15, -0.1) is 0 Å². The maximum absolute atomic E-state index is 12.2. The Morgan fingerprint density at radius 1 is 1.30 bits per heavy atom. The molecule has 110 valence electrons. The molecule has 0 aliphatic heterocycles. The molecule has 1 aromatic rings. The Bertz CT molecular complexity index is 473. The number of amides is 1. The summed E-state index contributed by atoms with van der Waals surface area (Å²) in [6.45, 7) is 0.243. The maximum Gasteiger partial charge on any atom is 0.241 e. The van der Waals surface area contributed by atoms with Crippen LogP contribution in [0.15, 0.2) is 18.2 Å². The minimum Gasteiger partial charge on any atom is -0.375 e. The molecule has 1 aliphatic carbocycles. The molecule has 0 bridgehead atoms. The average molecular weight is 315 g/mol. The zero-order chi connectivity index (χ0) is 14.5. The Kier molecular flexibility index (Phi) is 5.55. The van der Waals surface area contributed by atoms with Gasteiger partial charge in [-0.25, -0.2) is 0 Å². The van der Waals surface area contributed by atoms with Crippen LogP contribution in [-0.2, 0) is 4.79 Å². The lowest BCUT2D eigenvalue weighted by Gasteiger charge is -2.31. The number of likely N-dealkylation sites (N-methyl/N-ethyl adjacent to an activating group) is 1. The number of carbonyl (C=O) groups excluding carboxylic acids is 1. The van der Waals surface area contributed by atoms with Gasteiger partial charge in [-0.2, -0.15) is 0 Å². The highest BCUT2D eigenvalue weighted by molar-refractivity contribution is 6.43. The third kappa shape index (κ3) is 3.80. The molecule has 2 rings (SSSR count). The highest BCUT2D eigenvalue weighted by atomic mass is 35.5. The molecule has 0 unspecified atom stereocenters. The van der Waals surface area contributed by atoms with E-state index in [1.54, 1.807) is 6.07 Å². The van der Waals surface area contributed by atoms with Crippen molar-refractivity contribution in [2.24, 2.45) is 0 Å². The van der Waals surface area contributed by atoms with Crippen LogP contribution in [0, 0.1) is 0 Å². The lowest BCUT2D eigenvalue weighted by molar-refractivity contribution is -0.130. The first-order valence-corrected chi connectivity index (χ1v) is 7.78. The fraction of sp³-hybridized carbons (Fsp3) is 0.533. The van der Waals surface area contributed by atoms with Crippen molar-refractivity contribution in [3.63, 3.8) is 0 Å². The molecule has 1 saturated carbocycles. The fourth-order valence-corrected chi connectivity index (χ4v) is 2.98. The number of hydrogen-bond donors (Lipinski definition) is 1. The second kappa shape index (κ2) is 7.19. The summed E-state index contributed by atoms with van der Waals surface area (Å²) in [5.41, 5.74) is 0.699. The van der Waals surface area contributed by atoms with Crippen molar-refractivity contribution in [2.75, 3.05) is 18.9 Å². The van der Waals surface area contributed by atoms with Gasteiger partial charge in [0.25, 0.3) is 0 Å². The van der Waals surface area contributed by atoms with Gasteiger partial charge in [-0.3, -0.25) is 4.79 Å². The lowest BCUT2D eigenvalue weighted by atomic mass is 9.94. The number of nitrogens with one attached hydrogen (secondary N) is 1. The first-order valence-electron chi connectivity index (χ1n) is 7.03. The summed E-state index contributed by atoms with van der Waals surface area (Å²) >= 11 is 12.0. The van der Waals surface area contributed by atoms with E-state index in [4.69, 9.17) is 23.2 Å². The van der Waals surface area contributed by atoms with E-state index in [1.807, 2.05) is 24.1 Å². The van der Waals surface area contributed by atoms with E-state index in [-0.39, 0.29) is 12.5 Å². The smallest absolute Gasteiger partial charge is 0.241 e. The third-order valence-corrected chi connectivity index (χ3v) is 4.72. The molecule has 1 fully saturated rings. The van der Waals surface area contributed by atoms with Gasteiger partial charge in [0, 0.05) is 13.1 Å². The summed E-state index contributed by atoms with van der Waals surface area (Å²) in [7, 11) is 1.89. The SMILES string of the molecule is CN(C(=O)CNc1cccc(Cl)c1Cl)C1CCCCC1. The monoisotopic (exact) mass is 314 g/mol. The average Bonchev–Trinajstić information content (AvgIpc) is 2.48. The van der Waals surface area contributed by atoms with Gasteiger partial charge in [0.2, 0.25) is 5.91 Å². The first-order chi connectivity index (χ1) is 9.59. The molecule has 0 saturated heterocycles. The van der Waals surface area contributed by atoms with Crippen LogP contribution in [0.5, 0.6) is 0 Å². The van der Waals surface area contributed by atoms with E-state index in [2.05, 4.69) is 5.32 Å². The lowest BCUT2D eigenvalue weighted by Crippen LogP contribution is -2.41. The second-order valence-corrected chi connectivity index (χ2v) is 6.04. The zero-order valence-corrected chi connectivity index (χ0v) is 13.2. The van der Waals surface area contributed by atoms with Gasteiger partial charge in [0.15, 0.2) is 0 Å². The highest BCUT2D eigenvalue weighted by Gasteiger charge is 2.21. The molecule has 3 nitrogen and oxygen atoms in total. The number of anilines is 1. The summed E-state index contributed by atoms with van der Waals surface area (Å²) in [6, 6.07) is 5.74. The standard InChI is InChI=1S/C15H20Cl2N2O/c1-19(11-6-3-2-4-7-11)14(20)10-18-13-9-5-8-12(16)15(13)17/h5,8-9,11,18H,2-4,6-7,10H2,1H3. The van der Waals surface area contributed by atoms with Gasteiger partial charge in [-0.05, 0) is 25.0 Å². The van der Waals surface area contributed by atoms with Gasteiger partial charge in [0.1, 0.15) is 0 Å². The van der Waals surface area contributed by atoms with Crippen molar-refractivity contribution in [1.82, 2.24) is 4.90 Å². The molecule has 1 aliphatic rings. The highest BCUT2D eigenvalue weighted by Crippen LogP contribution is 2.29. The summed E-state index contributed by atoms with van der Waals surface area (Å²) in [5, 5.41) is 4.02. The summed E-state index contributed by atoms with van der Waals surface area (Å²) in [6.07, 6.45) is 5.95. The third-order valence-electron chi connectivity index (χ3n) is 3.90. The van der Waals surface area contributed by atoms with Crippen LogP contribution in [0.25, 0.3) is 0 Å². The molecular formula is C15H20Cl2N2O. The summed E-state index contributed by atoms with van der Waals surface area (Å²) in [5.74, 6) is 0.0907. The van der Waals surface area contributed by atoms with Crippen LogP contribution in [0.3, 0.4) is 0 Å². The molecule has 0 radical (unpaired) electrons. The van der Waals surface area contributed by atoms with Crippen molar-refractivity contribution in [3.8, 4) is 0 Å². The number of carbonyl (C=O) groups is 1. The Morgan fingerprint density at radius 3 is 2.70 bits per heavy atom. The molecule has 1 amide bonds. The van der Waals surface area contributed by atoms with Crippen molar-refractivity contribution >= 4 is 34.8 Å². The van der Waals surface area contributed by atoms with Crippen molar-refractivity contribution < 1.29 is 4.79 Å². The molecular weight excluding hydrogens is 295 g/mol. The molecule has 1 aromatic carbocycles. The van der Waals surface area contributed by atoms with E-state index in [9.17, 15) is 4.79 Å². The van der Waals surface area contributed by atoms with Crippen LogP contribution in [0.1, 0.15) is 32.1 Å². The molecule has 5 heteroatoms. The minimum absolute atomic E-state index is 0.0907. The molecule has 0 spiro atoms. The van der Waals surface area contributed by atoms with Crippen LogP contribution < -0.4 is 5.32 Å². The van der Waals surface area contributed by atoms with Gasteiger partial charge < -0.3 is 10.2 Å². The number of hydrogen-bond acceptors (Lipinski definition) is 2. The molecule has 0 aromatic heterocycles. The second-order valence-electron chi connectivity index (χ2n) is 5.25. The molecule has 0 atom stereocenters. The van der Waals surface area contributed by atoms with Crippen LogP contribution >= 0.6 is 23.2 Å². The Labute approximate surface area is 130 Å². The van der Waals surface area contributed by atoms with Gasteiger partial charge >= 0.3 is 0 Å². The van der Waals surface area contributed by atoms with E-state index < -0.39 is 0 Å². The summed E-state index contributed by atoms with van der Waals surface area (Å²) in [4.78, 5) is 14.1. The number of nitrogens with zero attached hydrogens (tertiary/aromatic N) is 1. The Morgan fingerprint density at radius 2 is 2.00 bits per heavy atom. The fourth-order valence-electron chi connectivity index (χ4n) is 2.61. The first kappa shape index (κ1) is 15.5. The molecule has 0 heterocycles. The van der Waals surface area contributed by atoms with Crippen molar-refractivity contribution in [3.05, 3.63) is 28.2 Å². The van der Waals surface area contributed by atoms with Gasteiger partial charge in [0.05, 0.1) is 22.3 Å². The summed E-state index contributed by atoms with van der Waals surface area (Å²) < 4.78 is 0. The predicted octanol–water partition coefficient (Wildman–Crippen LogP) is 4.20. The predicted molar refractivity (Wildman–Crippen MR) is 84.6 cm³/mol. The quantitative estimate of drug-likeness (QED) is 0.903.